The van der Waals surface area contributed by atoms with Crippen LogP contribution in [-0.4, -0.2) is 0 Å². The lowest BCUT2D eigenvalue weighted by Crippen LogP contribution is -2.02. The quantitative estimate of drug-likeness (QED) is 0.159. The van der Waals surface area contributed by atoms with E-state index >= 15 is 0 Å². The Morgan fingerprint density at radius 3 is 1.91 bits per heavy atom. The molecule has 0 heterocycles. The highest BCUT2D eigenvalue weighted by molar-refractivity contribution is 6.25. The molecule has 0 saturated heterocycles. The highest BCUT2D eigenvalue weighted by Crippen LogP contribution is 2.55. The first-order valence-corrected chi connectivity index (χ1v) is 20.6. The summed E-state index contributed by atoms with van der Waals surface area (Å²) in [6.07, 6.45) is 9.34. The third kappa shape index (κ3) is 4.33. The fourth-order valence-electron chi connectivity index (χ4n) is 11.2. The number of hydrogen-bond acceptors (Lipinski definition) is 0. The molecule has 9 aromatic rings. The van der Waals surface area contributed by atoms with Gasteiger partial charge in [-0.1, -0.05) is 153 Å². The first kappa shape index (κ1) is 31.4. The molecule has 0 saturated carbocycles. The lowest BCUT2D eigenvalue weighted by molar-refractivity contribution is 0.770. The van der Waals surface area contributed by atoms with Gasteiger partial charge in [0, 0.05) is 5.92 Å². The fraction of sp³-hybridized carbons (Fsp3) is 0.0877. The highest BCUT2D eigenvalue weighted by Gasteiger charge is 2.33. The van der Waals surface area contributed by atoms with Crippen molar-refractivity contribution < 1.29 is 0 Å². The maximum atomic E-state index is 2.57. The van der Waals surface area contributed by atoms with Gasteiger partial charge < -0.3 is 0 Å². The van der Waals surface area contributed by atoms with Crippen LogP contribution in [0.3, 0.4) is 0 Å². The van der Waals surface area contributed by atoms with Crippen molar-refractivity contribution in [2.45, 2.75) is 31.6 Å². The minimum atomic E-state index is 0.399. The molecule has 0 bridgehead atoms. The summed E-state index contributed by atoms with van der Waals surface area (Å²) >= 11 is 0. The standard InChI is InChI=1S/C57H38/c1-33-24-26-45-52-30-49-41-27-25-37-28-47-42-21-8-16-36-17-9-22-43(55(36)42)50(47)29-46(37)48(41)32-54(53(49)31-51(52)44-23-10-18-38(33)56(44)45)57-39(34-12-4-2-5-13-34)19-11-20-40(57)35-14-6-3-7-15-35/h2-21,23,25-33,43H,22,24H2,1H3. The lowest BCUT2D eigenvalue weighted by atomic mass is 9.82. The SMILES string of the molecule is CC1CC=C2c3cc4c(cc3-c3cccc1c32)c(-c1c(-c2ccccc2)cccc1-c1ccccc1)cc1c2cc3c(cc2ccc41)-c1cccc2c1C3CC=C2. The van der Waals surface area contributed by atoms with Gasteiger partial charge in [-0.25, -0.2) is 0 Å². The molecule has 2 unspecified atom stereocenters. The zero-order valence-corrected chi connectivity index (χ0v) is 31.8. The van der Waals surface area contributed by atoms with E-state index in [1.807, 2.05) is 0 Å². The van der Waals surface area contributed by atoms with Crippen molar-refractivity contribution in [3.05, 3.63) is 203 Å². The Morgan fingerprint density at radius 2 is 1.11 bits per heavy atom. The average molecular weight is 723 g/mol. The first-order chi connectivity index (χ1) is 28.2. The Bertz CT molecular complexity index is 3230. The van der Waals surface area contributed by atoms with E-state index in [-0.39, 0.29) is 0 Å². The molecule has 4 aliphatic carbocycles. The van der Waals surface area contributed by atoms with Crippen molar-refractivity contribution in [3.8, 4) is 55.6 Å². The Balaban J connectivity index is 1.18. The minimum Gasteiger partial charge on any atom is -0.0830 e. The van der Waals surface area contributed by atoms with Crippen molar-refractivity contribution in [1.29, 1.82) is 0 Å². The van der Waals surface area contributed by atoms with Gasteiger partial charge in [0.2, 0.25) is 0 Å². The first-order valence-electron chi connectivity index (χ1n) is 20.6. The molecular formula is C57H38. The molecule has 266 valence electrons. The second kappa shape index (κ2) is 11.6. The Hall–Kier alpha value is -6.76. The molecule has 0 radical (unpaired) electrons. The molecule has 0 spiro atoms. The average Bonchev–Trinajstić information content (AvgIpc) is 3.76. The van der Waals surface area contributed by atoms with Crippen LogP contribution in [0.25, 0.3) is 99.6 Å². The highest BCUT2D eigenvalue weighted by atomic mass is 14.4. The van der Waals surface area contributed by atoms with Crippen LogP contribution in [0, 0.1) is 0 Å². The number of benzene rings is 9. The van der Waals surface area contributed by atoms with E-state index in [2.05, 4.69) is 183 Å². The summed E-state index contributed by atoms with van der Waals surface area (Å²) in [4.78, 5) is 0. The molecular weight excluding hydrogens is 685 g/mol. The Kier molecular flexibility index (Phi) is 6.42. The predicted octanol–water partition coefficient (Wildman–Crippen LogP) is 15.6. The van der Waals surface area contributed by atoms with Gasteiger partial charge in [-0.2, -0.15) is 0 Å². The molecule has 0 fully saturated rings. The maximum absolute atomic E-state index is 2.57. The molecule has 4 aliphatic rings. The van der Waals surface area contributed by atoms with Crippen LogP contribution in [-0.2, 0) is 0 Å². The second-order valence-electron chi connectivity index (χ2n) is 16.7. The fourth-order valence-corrected chi connectivity index (χ4v) is 11.2. The van der Waals surface area contributed by atoms with E-state index < -0.39 is 0 Å². The molecule has 9 aromatic carbocycles. The summed E-state index contributed by atoms with van der Waals surface area (Å²) in [7, 11) is 0. The van der Waals surface area contributed by atoms with E-state index in [4.69, 9.17) is 0 Å². The van der Waals surface area contributed by atoms with E-state index in [1.165, 1.54) is 127 Å². The zero-order valence-electron chi connectivity index (χ0n) is 31.8. The van der Waals surface area contributed by atoms with Crippen molar-refractivity contribution >= 4 is 44.0 Å². The molecule has 2 atom stereocenters. The molecule has 0 heteroatoms. The van der Waals surface area contributed by atoms with Gasteiger partial charge in [-0.05, 0) is 176 Å². The normalized spacial score (nSPS) is 16.8. The van der Waals surface area contributed by atoms with Crippen LogP contribution in [0.1, 0.15) is 65.0 Å². The monoisotopic (exact) mass is 722 g/mol. The topological polar surface area (TPSA) is 0 Å². The van der Waals surface area contributed by atoms with Gasteiger partial charge in [-0.15, -0.1) is 0 Å². The van der Waals surface area contributed by atoms with Crippen molar-refractivity contribution in [2.24, 2.45) is 0 Å². The molecule has 0 N–H and O–H groups in total. The third-order valence-electron chi connectivity index (χ3n) is 13.7. The van der Waals surface area contributed by atoms with Gasteiger partial charge in [-0.3, -0.25) is 0 Å². The van der Waals surface area contributed by atoms with Crippen molar-refractivity contribution in [3.63, 3.8) is 0 Å². The summed E-state index contributed by atoms with van der Waals surface area (Å²) in [5, 5.41) is 7.92. The van der Waals surface area contributed by atoms with Crippen LogP contribution in [0.5, 0.6) is 0 Å². The van der Waals surface area contributed by atoms with Crippen LogP contribution in [0.2, 0.25) is 0 Å². The van der Waals surface area contributed by atoms with E-state index in [0.29, 0.717) is 11.8 Å². The van der Waals surface area contributed by atoms with Crippen molar-refractivity contribution in [2.75, 3.05) is 0 Å². The number of hydrogen-bond donors (Lipinski definition) is 0. The summed E-state index contributed by atoms with van der Waals surface area (Å²) < 4.78 is 0. The summed E-state index contributed by atoms with van der Waals surface area (Å²) in [6.45, 7) is 2.38. The summed E-state index contributed by atoms with van der Waals surface area (Å²) in [5.41, 5.74) is 23.2. The molecule has 0 nitrogen and oxygen atoms in total. The van der Waals surface area contributed by atoms with Gasteiger partial charge in [0.25, 0.3) is 0 Å². The van der Waals surface area contributed by atoms with E-state index in [0.717, 1.165) is 12.8 Å². The summed E-state index contributed by atoms with van der Waals surface area (Å²) in [6, 6.07) is 60.3. The zero-order chi connectivity index (χ0) is 37.4. The van der Waals surface area contributed by atoms with Gasteiger partial charge in [0.1, 0.15) is 0 Å². The van der Waals surface area contributed by atoms with E-state index in [1.54, 1.807) is 0 Å². The van der Waals surface area contributed by atoms with Crippen molar-refractivity contribution in [1.82, 2.24) is 0 Å². The number of rotatable bonds is 3. The van der Waals surface area contributed by atoms with Gasteiger partial charge in [0.05, 0.1) is 0 Å². The lowest BCUT2D eigenvalue weighted by Gasteiger charge is -2.21. The van der Waals surface area contributed by atoms with Crippen LogP contribution in [0.4, 0.5) is 0 Å². The van der Waals surface area contributed by atoms with Gasteiger partial charge >= 0.3 is 0 Å². The largest absolute Gasteiger partial charge is 0.0830 e. The van der Waals surface area contributed by atoms with Crippen LogP contribution >= 0.6 is 0 Å². The van der Waals surface area contributed by atoms with E-state index in [9.17, 15) is 0 Å². The maximum Gasteiger partial charge on any atom is 0.0142 e. The van der Waals surface area contributed by atoms with Crippen LogP contribution in [0.15, 0.2) is 170 Å². The third-order valence-corrected chi connectivity index (χ3v) is 13.7. The minimum absolute atomic E-state index is 0.399. The summed E-state index contributed by atoms with van der Waals surface area (Å²) in [5.74, 6) is 0.917. The Labute approximate surface area is 333 Å². The molecule has 57 heavy (non-hydrogen) atoms. The smallest absolute Gasteiger partial charge is 0.0142 e. The number of fused-ring (bicyclic) bond motifs is 11. The van der Waals surface area contributed by atoms with Crippen LogP contribution < -0.4 is 0 Å². The Morgan fingerprint density at radius 1 is 0.421 bits per heavy atom. The number of allylic oxidation sites excluding steroid dienone is 2. The molecule has 0 aromatic heterocycles. The molecule has 0 aliphatic heterocycles. The molecule has 0 amide bonds. The predicted molar refractivity (Wildman–Crippen MR) is 242 cm³/mol. The molecule has 13 rings (SSSR count). The van der Waals surface area contributed by atoms with Gasteiger partial charge in [0.15, 0.2) is 0 Å². The second-order valence-corrected chi connectivity index (χ2v) is 16.7.